The topological polar surface area (TPSA) is 17.3 Å². The van der Waals surface area contributed by atoms with Gasteiger partial charge in [0.15, 0.2) is 0 Å². The van der Waals surface area contributed by atoms with Crippen LogP contribution in [0.4, 0.5) is 0 Å². The first-order chi connectivity index (χ1) is 8.93. The van der Waals surface area contributed by atoms with Crippen LogP contribution in [0.1, 0.15) is 71.1 Å². The fraction of sp³-hybridized carbons (Fsp3) is 1.00. The van der Waals surface area contributed by atoms with Gasteiger partial charge in [-0.05, 0) is 13.0 Å². The summed E-state index contributed by atoms with van der Waals surface area (Å²) in [4.78, 5) is 2.58. The average Bonchev–Trinajstić information content (AvgIpc) is 2.42. The number of rotatable bonds is 11. The zero-order valence-electron chi connectivity index (χ0n) is 12.5. The Hall–Kier alpha value is -0.0800. The Morgan fingerprint density at radius 1 is 0.722 bits per heavy atom. The lowest BCUT2D eigenvalue weighted by Gasteiger charge is -2.26. The molecule has 1 saturated heterocycles. The molecular weight excluding hydrogens is 220 g/mol. The largest absolute Gasteiger partial charge is 0.301 e. The Morgan fingerprint density at radius 3 is 1.78 bits per heavy atom. The fourth-order valence-corrected chi connectivity index (χ4v) is 2.69. The molecule has 2 nitrogen and oxygen atoms in total. The minimum Gasteiger partial charge on any atom is -0.301 e. The highest BCUT2D eigenvalue weighted by Gasteiger charge is 2.08. The molecule has 0 saturated carbocycles. The van der Waals surface area contributed by atoms with Crippen LogP contribution in [0.15, 0.2) is 0 Å². The van der Waals surface area contributed by atoms with Crippen LogP contribution in [-0.2, 0) is 0 Å². The molecule has 0 N–H and O–H groups in total. The quantitative estimate of drug-likeness (QED) is 0.512. The van der Waals surface area contributed by atoms with E-state index in [9.17, 15) is 0 Å². The highest BCUT2D eigenvalue weighted by atomic mass is 15.2. The van der Waals surface area contributed by atoms with Gasteiger partial charge >= 0.3 is 0 Å². The van der Waals surface area contributed by atoms with E-state index in [2.05, 4.69) is 17.1 Å². The van der Waals surface area contributed by atoms with Gasteiger partial charge in [0.25, 0.3) is 0 Å². The van der Waals surface area contributed by atoms with E-state index in [0.717, 1.165) is 13.1 Å². The summed E-state index contributed by atoms with van der Waals surface area (Å²) >= 11 is 0. The lowest BCUT2D eigenvalue weighted by Crippen LogP contribution is -2.40. The van der Waals surface area contributed by atoms with Gasteiger partial charge in [-0.1, -0.05) is 64.7 Å². The molecule has 0 aromatic rings. The summed E-state index contributed by atoms with van der Waals surface area (Å²) in [5, 5.41) is 4.38. The predicted molar refractivity (Wildman–Crippen MR) is 80.2 cm³/mol. The summed E-state index contributed by atoms with van der Waals surface area (Å²) in [6.45, 7) is 8.15. The minimum absolute atomic E-state index is 1.07. The maximum Gasteiger partial charge on any atom is 0.0261 e. The molecule has 0 aromatic heterocycles. The maximum absolute atomic E-state index is 4.38. The van der Waals surface area contributed by atoms with Crippen LogP contribution in [0.25, 0.3) is 0 Å². The molecule has 1 aliphatic rings. The van der Waals surface area contributed by atoms with Crippen molar-refractivity contribution >= 4 is 0 Å². The van der Waals surface area contributed by atoms with Crippen LogP contribution >= 0.6 is 0 Å². The number of unbranched alkanes of at least 4 members (excludes halogenated alkanes) is 9. The molecule has 18 heavy (non-hydrogen) atoms. The van der Waals surface area contributed by atoms with Crippen molar-refractivity contribution in [2.24, 2.45) is 0 Å². The highest BCUT2D eigenvalue weighted by Crippen LogP contribution is 2.10. The van der Waals surface area contributed by atoms with Gasteiger partial charge in [0.05, 0.1) is 0 Å². The number of piperazine rings is 1. The van der Waals surface area contributed by atoms with E-state index in [1.807, 2.05) is 0 Å². The second-order valence-electron chi connectivity index (χ2n) is 5.69. The number of nitrogens with zero attached hydrogens (tertiary/aromatic N) is 2. The Kier molecular flexibility index (Phi) is 10.6. The summed E-state index contributed by atoms with van der Waals surface area (Å²) in [6.07, 6.45) is 14.4. The van der Waals surface area contributed by atoms with Gasteiger partial charge in [0.1, 0.15) is 0 Å². The molecule has 2 heteroatoms. The van der Waals surface area contributed by atoms with Crippen LogP contribution in [0.2, 0.25) is 0 Å². The summed E-state index contributed by atoms with van der Waals surface area (Å²) in [6, 6.07) is 0. The molecule has 1 rings (SSSR count). The number of hydrogen-bond acceptors (Lipinski definition) is 1. The second kappa shape index (κ2) is 12.0. The van der Waals surface area contributed by atoms with Crippen molar-refractivity contribution in [3.05, 3.63) is 0 Å². The third-order valence-electron chi connectivity index (χ3n) is 3.98. The smallest absolute Gasteiger partial charge is 0.0261 e. The monoisotopic (exact) mass is 253 g/mol. The van der Waals surface area contributed by atoms with E-state index < -0.39 is 0 Å². The van der Waals surface area contributed by atoms with Crippen molar-refractivity contribution in [1.29, 1.82) is 0 Å². The van der Waals surface area contributed by atoms with Crippen LogP contribution in [0.3, 0.4) is 0 Å². The molecule has 0 unspecified atom stereocenters. The van der Waals surface area contributed by atoms with Gasteiger partial charge in [-0.25, -0.2) is 5.32 Å². The van der Waals surface area contributed by atoms with Crippen LogP contribution < -0.4 is 5.32 Å². The van der Waals surface area contributed by atoms with Gasteiger partial charge in [-0.2, -0.15) is 0 Å². The predicted octanol–water partition coefficient (Wildman–Crippen LogP) is 3.83. The molecular formula is C16H33N2. The first kappa shape index (κ1) is 16.0. The minimum atomic E-state index is 1.07. The third kappa shape index (κ3) is 8.93. The van der Waals surface area contributed by atoms with Crippen molar-refractivity contribution in [3.63, 3.8) is 0 Å². The Bertz CT molecular complexity index is 164. The van der Waals surface area contributed by atoms with Gasteiger partial charge in [0, 0.05) is 26.2 Å². The molecule has 0 bridgehead atoms. The van der Waals surface area contributed by atoms with E-state index in [0.29, 0.717) is 0 Å². The standard InChI is InChI=1S/C16H33N2/c1-2-3-4-5-6-7-8-9-10-11-14-18-15-12-17-13-16-18/h2-16H2,1H3. The molecule has 0 aromatic carbocycles. The first-order valence-electron chi connectivity index (χ1n) is 8.29. The first-order valence-corrected chi connectivity index (χ1v) is 8.29. The van der Waals surface area contributed by atoms with E-state index in [4.69, 9.17) is 0 Å². The van der Waals surface area contributed by atoms with Crippen LogP contribution in [0, 0.1) is 0 Å². The molecule has 0 aliphatic carbocycles. The number of hydrogen-bond donors (Lipinski definition) is 0. The molecule has 0 amide bonds. The van der Waals surface area contributed by atoms with Gasteiger partial charge in [-0.15, -0.1) is 0 Å². The van der Waals surface area contributed by atoms with Crippen molar-refractivity contribution in [2.45, 2.75) is 71.1 Å². The van der Waals surface area contributed by atoms with E-state index in [1.165, 1.54) is 83.8 Å². The SMILES string of the molecule is CCCCCCCCCCCCN1CC[N]CC1. The van der Waals surface area contributed by atoms with Crippen LogP contribution in [-0.4, -0.2) is 37.6 Å². The summed E-state index contributed by atoms with van der Waals surface area (Å²) in [5.74, 6) is 0. The highest BCUT2D eigenvalue weighted by molar-refractivity contribution is 4.66. The Morgan fingerprint density at radius 2 is 1.22 bits per heavy atom. The zero-order chi connectivity index (χ0) is 12.9. The van der Waals surface area contributed by atoms with Gasteiger partial charge in [-0.3, -0.25) is 0 Å². The summed E-state index contributed by atoms with van der Waals surface area (Å²) in [7, 11) is 0. The lowest BCUT2D eigenvalue weighted by molar-refractivity contribution is 0.233. The lowest BCUT2D eigenvalue weighted by atomic mass is 10.1. The van der Waals surface area contributed by atoms with Crippen LogP contribution in [0.5, 0.6) is 0 Å². The van der Waals surface area contributed by atoms with Crippen molar-refractivity contribution in [1.82, 2.24) is 10.2 Å². The summed E-state index contributed by atoms with van der Waals surface area (Å²) < 4.78 is 0. The van der Waals surface area contributed by atoms with E-state index in [-0.39, 0.29) is 0 Å². The molecule has 107 valence electrons. The van der Waals surface area contributed by atoms with Crippen molar-refractivity contribution < 1.29 is 0 Å². The Balaban J connectivity index is 1.73. The second-order valence-corrected chi connectivity index (χ2v) is 5.69. The fourth-order valence-electron chi connectivity index (χ4n) is 2.69. The molecule has 1 aliphatic heterocycles. The zero-order valence-corrected chi connectivity index (χ0v) is 12.5. The van der Waals surface area contributed by atoms with E-state index in [1.54, 1.807) is 0 Å². The van der Waals surface area contributed by atoms with Gasteiger partial charge in [0.2, 0.25) is 0 Å². The Labute approximate surface area is 115 Å². The molecule has 0 atom stereocenters. The van der Waals surface area contributed by atoms with Crippen molar-refractivity contribution in [2.75, 3.05) is 32.7 Å². The third-order valence-corrected chi connectivity index (χ3v) is 3.98. The maximum atomic E-state index is 4.38. The summed E-state index contributed by atoms with van der Waals surface area (Å²) in [5.41, 5.74) is 0. The molecule has 1 radical (unpaired) electrons. The van der Waals surface area contributed by atoms with Crippen molar-refractivity contribution in [3.8, 4) is 0 Å². The molecule has 1 heterocycles. The molecule has 1 fully saturated rings. The van der Waals surface area contributed by atoms with E-state index >= 15 is 0 Å². The van der Waals surface area contributed by atoms with Gasteiger partial charge < -0.3 is 4.90 Å². The average molecular weight is 253 g/mol. The normalized spacial score (nSPS) is 17.2. The molecule has 0 spiro atoms.